The Morgan fingerprint density at radius 3 is 3.00 bits per heavy atom. The van der Waals surface area contributed by atoms with Gasteiger partial charge in [0, 0.05) is 11.8 Å². The second-order valence-corrected chi connectivity index (χ2v) is 3.81. The lowest BCUT2D eigenvalue weighted by molar-refractivity contribution is -0.145. The van der Waals surface area contributed by atoms with Gasteiger partial charge < -0.3 is 10.5 Å². The van der Waals surface area contributed by atoms with Gasteiger partial charge in [-0.1, -0.05) is 0 Å². The zero-order valence-corrected chi connectivity index (χ0v) is 7.39. The van der Waals surface area contributed by atoms with Crippen LogP contribution in [0.25, 0.3) is 0 Å². The summed E-state index contributed by atoms with van der Waals surface area (Å²) in [6, 6.07) is 0.00343. The molecule has 1 aliphatic heterocycles. The predicted octanol–water partition coefficient (Wildman–Crippen LogP) is 0.240. The number of hydrogen-bond donors (Lipinski definition) is 1. The van der Waals surface area contributed by atoms with Gasteiger partial charge in [0.15, 0.2) is 0 Å². The van der Waals surface area contributed by atoms with Crippen LogP contribution in [0.3, 0.4) is 0 Å². The van der Waals surface area contributed by atoms with Crippen molar-refractivity contribution in [2.75, 3.05) is 18.6 Å². The van der Waals surface area contributed by atoms with Gasteiger partial charge >= 0.3 is 5.97 Å². The van der Waals surface area contributed by atoms with Crippen LogP contribution in [-0.2, 0) is 9.53 Å². The standard InChI is InChI=1S/C7H13NO2S/c1-10-7(9)5-4-11-3-2-6(5)8/h5-6H,2-4,8H2,1H3. The number of ether oxygens (including phenoxy) is 1. The number of hydrogen-bond acceptors (Lipinski definition) is 4. The fourth-order valence-corrected chi connectivity index (χ4v) is 2.39. The molecule has 0 spiro atoms. The van der Waals surface area contributed by atoms with Crippen LogP contribution in [0.2, 0.25) is 0 Å². The van der Waals surface area contributed by atoms with Crippen molar-refractivity contribution in [3.8, 4) is 0 Å². The third kappa shape index (κ3) is 2.10. The molecule has 1 fully saturated rings. The topological polar surface area (TPSA) is 52.3 Å². The Kier molecular flexibility index (Phi) is 3.20. The number of rotatable bonds is 1. The maximum atomic E-state index is 11.1. The van der Waals surface area contributed by atoms with E-state index in [0.717, 1.165) is 17.9 Å². The van der Waals surface area contributed by atoms with Gasteiger partial charge in [0.1, 0.15) is 0 Å². The monoisotopic (exact) mass is 175 g/mol. The van der Waals surface area contributed by atoms with E-state index in [1.54, 1.807) is 11.8 Å². The molecule has 11 heavy (non-hydrogen) atoms. The lowest BCUT2D eigenvalue weighted by atomic mass is 10.0. The Morgan fingerprint density at radius 1 is 1.73 bits per heavy atom. The summed E-state index contributed by atoms with van der Waals surface area (Å²) in [6.45, 7) is 0. The van der Waals surface area contributed by atoms with Gasteiger partial charge in [-0.15, -0.1) is 0 Å². The molecule has 1 heterocycles. The minimum absolute atomic E-state index is 0.00343. The maximum Gasteiger partial charge on any atom is 0.311 e. The van der Waals surface area contributed by atoms with Gasteiger partial charge in [0.2, 0.25) is 0 Å². The summed E-state index contributed by atoms with van der Waals surface area (Å²) in [5.74, 6) is 1.63. The average Bonchev–Trinajstić information content (AvgIpc) is 2.04. The Labute approximate surface area is 70.7 Å². The van der Waals surface area contributed by atoms with E-state index >= 15 is 0 Å². The Morgan fingerprint density at radius 2 is 2.45 bits per heavy atom. The van der Waals surface area contributed by atoms with Gasteiger partial charge in [0.05, 0.1) is 13.0 Å². The summed E-state index contributed by atoms with van der Waals surface area (Å²) in [5, 5.41) is 0. The molecular formula is C7H13NO2S. The molecule has 2 atom stereocenters. The van der Waals surface area contributed by atoms with Crippen molar-refractivity contribution >= 4 is 17.7 Å². The molecule has 0 aliphatic carbocycles. The second-order valence-electron chi connectivity index (χ2n) is 2.66. The van der Waals surface area contributed by atoms with Crippen molar-refractivity contribution in [3.63, 3.8) is 0 Å². The third-order valence-electron chi connectivity index (χ3n) is 1.91. The zero-order valence-electron chi connectivity index (χ0n) is 6.58. The average molecular weight is 175 g/mol. The number of carbonyl (C=O) groups excluding carboxylic acids is 1. The SMILES string of the molecule is COC(=O)C1CSCCC1N. The molecule has 0 aromatic heterocycles. The number of carbonyl (C=O) groups is 1. The summed E-state index contributed by atoms with van der Waals surface area (Å²) in [7, 11) is 1.41. The van der Waals surface area contributed by atoms with Crippen molar-refractivity contribution in [2.45, 2.75) is 12.5 Å². The highest BCUT2D eigenvalue weighted by atomic mass is 32.2. The van der Waals surface area contributed by atoms with Crippen LogP contribution >= 0.6 is 11.8 Å². The van der Waals surface area contributed by atoms with E-state index in [-0.39, 0.29) is 17.9 Å². The van der Waals surface area contributed by atoms with Crippen LogP contribution in [0, 0.1) is 5.92 Å². The zero-order chi connectivity index (χ0) is 8.27. The fourth-order valence-electron chi connectivity index (χ4n) is 1.15. The molecule has 1 saturated heterocycles. The molecule has 1 rings (SSSR count). The van der Waals surface area contributed by atoms with Crippen LogP contribution in [0.15, 0.2) is 0 Å². The van der Waals surface area contributed by atoms with Crippen LogP contribution in [0.5, 0.6) is 0 Å². The van der Waals surface area contributed by atoms with Crippen molar-refractivity contribution in [1.82, 2.24) is 0 Å². The van der Waals surface area contributed by atoms with Crippen molar-refractivity contribution in [1.29, 1.82) is 0 Å². The quantitative estimate of drug-likeness (QED) is 0.580. The molecule has 64 valence electrons. The van der Waals surface area contributed by atoms with Crippen LogP contribution in [0.1, 0.15) is 6.42 Å². The Balaban J connectivity index is 2.47. The summed E-state index contributed by atoms with van der Waals surface area (Å²) in [6.07, 6.45) is 0.921. The number of thioether (sulfide) groups is 1. The Bertz CT molecular complexity index is 151. The first-order valence-corrected chi connectivity index (χ1v) is 4.82. The minimum Gasteiger partial charge on any atom is -0.469 e. The fraction of sp³-hybridized carbons (Fsp3) is 0.857. The molecule has 1 aliphatic rings. The predicted molar refractivity (Wildman–Crippen MR) is 45.4 cm³/mol. The van der Waals surface area contributed by atoms with Gasteiger partial charge in [-0.2, -0.15) is 11.8 Å². The normalized spacial score (nSPS) is 31.5. The highest BCUT2D eigenvalue weighted by molar-refractivity contribution is 7.99. The lowest BCUT2D eigenvalue weighted by Crippen LogP contribution is -2.40. The van der Waals surface area contributed by atoms with Crippen LogP contribution in [-0.4, -0.2) is 30.6 Å². The third-order valence-corrected chi connectivity index (χ3v) is 3.03. The van der Waals surface area contributed by atoms with Crippen molar-refractivity contribution in [3.05, 3.63) is 0 Å². The molecule has 2 N–H and O–H groups in total. The molecular weight excluding hydrogens is 162 g/mol. The second kappa shape index (κ2) is 3.97. The molecule has 2 unspecified atom stereocenters. The van der Waals surface area contributed by atoms with Gasteiger partial charge in [-0.3, -0.25) is 4.79 Å². The molecule has 0 bridgehead atoms. The van der Waals surface area contributed by atoms with E-state index in [2.05, 4.69) is 4.74 Å². The maximum absolute atomic E-state index is 11.1. The van der Waals surface area contributed by atoms with E-state index in [1.807, 2.05) is 0 Å². The van der Waals surface area contributed by atoms with Crippen molar-refractivity contribution < 1.29 is 9.53 Å². The molecule has 0 amide bonds. The summed E-state index contributed by atoms with van der Waals surface area (Å²) in [4.78, 5) is 11.1. The number of methoxy groups -OCH3 is 1. The van der Waals surface area contributed by atoms with Gasteiger partial charge in [-0.25, -0.2) is 0 Å². The van der Waals surface area contributed by atoms with E-state index < -0.39 is 0 Å². The largest absolute Gasteiger partial charge is 0.469 e. The highest BCUT2D eigenvalue weighted by Gasteiger charge is 2.29. The van der Waals surface area contributed by atoms with E-state index in [9.17, 15) is 4.79 Å². The molecule has 3 nitrogen and oxygen atoms in total. The smallest absolute Gasteiger partial charge is 0.311 e. The number of esters is 1. The van der Waals surface area contributed by atoms with Crippen LogP contribution < -0.4 is 5.73 Å². The summed E-state index contributed by atoms with van der Waals surface area (Å²) in [5.41, 5.74) is 5.74. The molecule has 0 aromatic carbocycles. The molecule has 0 saturated carbocycles. The van der Waals surface area contributed by atoms with Crippen LogP contribution in [0.4, 0.5) is 0 Å². The first kappa shape index (κ1) is 8.87. The lowest BCUT2D eigenvalue weighted by Gasteiger charge is -2.25. The summed E-state index contributed by atoms with van der Waals surface area (Å²) < 4.78 is 4.63. The van der Waals surface area contributed by atoms with E-state index in [4.69, 9.17) is 5.73 Å². The highest BCUT2D eigenvalue weighted by Crippen LogP contribution is 2.22. The first-order valence-electron chi connectivity index (χ1n) is 3.67. The van der Waals surface area contributed by atoms with E-state index in [0.29, 0.717) is 0 Å². The molecule has 0 radical (unpaired) electrons. The molecule has 0 aromatic rings. The minimum atomic E-state index is -0.162. The molecule has 4 heteroatoms. The van der Waals surface area contributed by atoms with E-state index in [1.165, 1.54) is 7.11 Å². The van der Waals surface area contributed by atoms with Crippen molar-refractivity contribution in [2.24, 2.45) is 11.7 Å². The first-order chi connectivity index (χ1) is 5.25. The summed E-state index contributed by atoms with van der Waals surface area (Å²) >= 11 is 1.77. The van der Waals surface area contributed by atoms with Gasteiger partial charge in [-0.05, 0) is 12.2 Å². The Hall–Kier alpha value is -0.220. The van der Waals surface area contributed by atoms with Gasteiger partial charge in [0.25, 0.3) is 0 Å². The number of nitrogens with two attached hydrogens (primary N) is 1.